The summed E-state index contributed by atoms with van der Waals surface area (Å²) in [6.07, 6.45) is -0.483. The zero-order chi connectivity index (χ0) is 13.9. The first-order valence-corrected chi connectivity index (χ1v) is 6.02. The molecule has 18 heavy (non-hydrogen) atoms. The van der Waals surface area contributed by atoms with Gasteiger partial charge in [0, 0.05) is 12.5 Å². The fourth-order valence-corrected chi connectivity index (χ4v) is 2.15. The SMILES string of the molecule is COC1NC(OC(F)F)CCC1C(=O)C(C)(C)C. The molecule has 0 amide bonds. The highest BCUT2D eigenvalue weighted by atomic mass is 19.3. The van der Waals surface area contributed by atoms with E-state index >= 15 is 0 Å². The normalized spacial score (nSPS) is 29.6. The lowest BCUT2D eigenvalue weighted by molar-refractivity contribution is -0.197. The van der Waals surface area contributed by atoms with E-state index in [0.29, 0.717) is 12.8 Å². The van der Waals surface area contributed by atoms with Crippen molar-refractivity contribution in [1.29, 1.82) is 0 Å². The van der Waals surface area contributed by atoms with Gasteiger partial charge < -0.3 is 9.47 Å². The van der Waals surface area contributed by atoms with Gasteiger partial charge in [-0.15, -0.1) is 0 Å². The maximum absolute atomic E-state index is 12.2. The molecule has 0 aromatic carbocycles. The van der Waals surface area contributed by atoms with E-state index in [1.165, 1.54) is 7.11 Å². The van der Waals surface area contributed by atoms with Crippen LogP contribution in [0.15, 0.2) is 0 Å². The number of methoxy groups -OCH3 is 1. The van der Waals surface area contributed by atoms with E-state index in [0.717, 1.165) is 0 Å². The van der Waals surface area contributed by atoms with E-state index in [1.54, 1.807) is 0 Å². The molecule has 0 bridgehead atoms. The van der Waals surface area contributed by atoms with Crippen LogP contribution >= 0.6 is 0 Å². The van der Waals surface area contributed by atoms with Gasteiger partial charge in [0.25, 0.3) is 0 Å². The Balaban J connectivity index is 2.66. The zero-order valence-corrected chi connectivity index (χ0v) is 11.2. The van der Waals surface area contributed by atoms with Gasteiger partial charge in [0.15, 0.2) is 0 Å². The average molecular weight is 265 g/mol. The van der Waals surface area contributed by atoms with E-state index in [4.69, 9.17) is 4.74 Å². The molecule has 0 aromatic rings. The molecule has 1 fully saturated rings. The summed E-state index contributed by atoms with van der Waals surface area (Å²) in [5.41, 5.74) is -0.473. The van der Waals surface area contributed by atoms with E-state index in [9.17, 15) is 13.6 Å². The van der Waals surface area contributed by atoms with E-state index in [2.05, 4.69) is 10.1 Å². The molecule has 0 aromatic heterocycles. The predicted molar refractivity (Wildman–Crippen MR) is 62.0 cm³/mol. The van der Waals surface area contributed by atoms with Crippen LogP contribution in [0.1, 0.15) is 33.6 Å². The predicted octanol–water partition coefficient (Wildman–Crippen LogP) is 2.14. The Kier molecular flexibility index (Phi) is 5.19. The van der Waals surface area contributed by atoms with Crippen LogP contribution in [0.25, 0.3) is 0 Å². The standard InChI is InChI=1S/C12H21F2NO3/c1-12(2,3)9(16)7-5-6-8(18-11(13)14)15-10(7)17-4/h7-8,10-11,15H,5-6H2,1-4H3. The Morgan fingerprint density at radius 2 is 1.94 bits per heavy atom. The molecule has 3 unspecified atom stereocenters. The van der Waals surface area contributed by atoms with Gasteiger partial charge >= 0.3 is 6.61 Å². The van der Waals surface area contributed by atoms with Crippen molar-refractivity contribution >= 4 is 5.78 Å². The zero-order valence-electron chi connectivity index (χ0n) is 11.2. The summed E-state index contributed by atoms with van der Waals surface area (Å²) in [5.74, 6) is -0.259. The lowest BCUT2D eigenvalue weighted by atomic mass is 9.79. The van der Waals surface area contributed by atoms with Crippen molar-refractivity contribution in [3.8, 4) is 0 Å². The number of piperidine rings is 1. The highest BCUT2D eigenvalue weighted by Crippen LogP contribution is 2.30. The molecule has 0 aliphatic carbocycles. The minimum atomic E-state index is -2.82. The van der Waals surface area contributed by atoms with Crippen LogP contribution in [0.5, 0.6) is 0 Å². The molecule has 0 radical (unpaired) electrons. The number of halogens is 2. The summed E-state index contributed by atoms with van der Waals surface area (Å²) >= 11 is 0. The lowest BCUT2D eigenvalue weighted by Gasteiger charge is -2.37. The van der Waals surface area contributed by atoms with Crippen molar-refractivity contribution in [3.05, 3.63) is 0 Å². The van der Waals surface area contributed by atoms with Crippen LogP contribution in [-0.4, -0.2) is 32.0 Å². The molecule has 1 rings (SSSR count). The first-order valence-electron chi connectivity index (χ1n) is 6.02. The molecule has 1 heterocycles. The van der Waals surface area contributed by atoms with Gasteiger partial charge in [-0.3, -0.25) is 10.1 Å². The van der Waals surface area contributed by atoms with Gasteiger partial charge in [-0.2, -0.15) is 8.78 Å². The number of carbonyl (C=O) groups is 1. The summed E-state index contributed by atoms with van der Waals surface area (Å²) in [7, 11) is 1.45. The molecular weight excluding hydrogens is 244 g/mol. The van der Waals surface area contributed by atoms with E-state index in [-0.39, 0.29) is 11.7 Å². The van der Waals surface area contributed by atoms with Gasteiger partial charge in [0.05, 0.1) is 5.92 Å². The van der Waals surface area contributed by atoms with Crippen LogP contribution in [0.2, 0.25) is 0 Å². The van der Waals surface area contributed by atoms with Crippen molar-refractivity contribution in [2.75, 3.05) is 7.11 Å². The summed E-state index contributed by atoms with van der Waals surface area (Å²) < 4.78 is 33.8. The Labute approximate surface area is 106 Å². The Hall–Kier alpha value is -0.590. The molecule has 1 saturated heterocycles. The third-order valence-electron chi connectivity index (χ3n) is 3.05. The van der Waals surface area contributed by atoms with Gasteiger partial charge in [-0.05, 0) is 12.8 Å². The van der Waals surface area contributed by atoms with E-state index in [1.807, 2.05) is 20.8 Å². The molecule has 1 N–H and O–H groups in total. The van der Waals surface area contributed by atoms with Crippen molar-refractivity contribution in [2.45, 2.75) is 52.7 Å². The molecule has 3 atom stereocenters. The van der Waals surface area contributed by atoms with Gasteiger partial charge in [-0.25, -0.2) is 0 Å². The van der Waals surface area contributed by atoms with Crippen molar-refractivity contribution in [1.82, 2.24) is 5.32 Å². The molecule has 0 spiro atoms. The quantitative estimate of drug-likeness (QED) is 0.846. The molecule has 106 valence electrons. The first kappa shape index (κ1) is 15.5. The number of nitrogens with one attached hydrogen (secondary N) is 1. The van der Waals surface area contributed by atoms with E-state index < -0.39 is 24.5 Å². The first-order chi connectivity index (χ1) is 8.25. The molecule has 1 aliphatic rings. The molecule has 6 heteroatoms. The van der Waals surface area contributed by atoms with Crippen LogP contribution in [0, 0.1) is 11.3 Å². The summed E-state index contributed by atoms with van der Waals surface area (Å²) in [5, 5.41) is 2.79. The summed E-state index contributed by atoms with van der Waals surface area (Å²) in [6.45, 7) is 2.69. The fourth-order valence-electron chi connectivity index (χ4n) is 2.15. The lowest BCUT2D eigenvalue weighted by Crippen LogP contribution is -2.54. The van der Waals surface area contributed by atoms with Crippen molar-refractivity contribution in [3.63, 3.8) is 0 Å². The number of alkyl halides is 2. The third kappa shape index (κ3) is 3.96. The number of hydrogen-bond donors (Lipinski definition) is 1. The fraction of sp³-hybridized carbons (Fsp3) is 0.917. The molecule has 4 nitrogen and oxygen atoms in total. The smallest absolute Gasteiger partial charge is 0.346 e. The Morgan fingerprint density at radius 1 is 1.33 bits per heavy atom. The van der Waals surface area contributed by atoms with Gasteiger partial charge in [0.2, 0.25) is 0 Å². The number of ketones is 1. The summed E-state index contributed by atoms with van der Waals surface area (Å²) in [4.78, 5) is 12.2. The Morgan fingerprint density at radius 3 is 2.39 bits per heavy atom. The second-order valence-electron chi connectivity index (χ2n) is 5.51. The molecular formula is C12H21F2NO3. The number of hydrogen-bond acceptors (Lipinski definition) is 4. The highest BCUT2D eigenvalue weighted by molar-refractivity contribution is 5.86. The van der Waals surface area contributed by atoms with Gasteiger partial charge in [0.1, 0.15) is 18.2 Å². The Bertz CT molecular complexity index is 292. The topological polar surface area (TPSA) is 47.6 Å². The van der Waals surface area contributed by atoms with Gasteiger partial charge in [-0.1, -0.05) is 20.8 Å². The highest BCUT2D eigenvalue weighted by Gasteiger charge is 2.39. The maximum atomic E-state index is 12.2. The second-order valence-corrected chi connectivity index (χ2v) is 5.51. The largest absolute Gasteiger partial charge is 0.366 e. The van der Waals surface area contributed by atoms with Crippen LogP contribution < -0.4 is 5.32 Å². The molecule has 0 saturated carbocycles. The summed E-state index contributed by atoms with van der Waals surface area (Å²) in [6, 6.07) is 0. The van der Waals surface area contributed by atoms with Crippen LogP contribution in [-0.2, 0) is 14.3 Å². The van der Waals surface area contributed by atoms with Crippen LogP contribution in [0.4, 0.5) is 8.78 Å². The minimum Gasteiger partial charge on any atom is -0.366 e. The van der Waals surface area contributed by atoms with Crippen molar-refractivity contribution < 1.29 is 23.0 Å². The van der Waals surface area contributed by atoms with Crippen molar-refractivity contribution in [2.24, 2.45) is 11.3 Å². The third-order valence-corrected chi connectivity index (χ3v) is 3.05. The monoisotopic (exact) mass is 265 g/mol. The average Bonchev–Trinajstić information content (AvgIpc) is 2.26. The number of ether oxygens (including phenoxy) is 2. The second kappa shape index (κ2) is 6.04. The minimum absolute atomic E-state index is 0.0670. The number of carbonyl (C=O) groups excluding carboxylic acids is 1. The van der Waals surface area contributed by atoms with Crippen LogP contribution in [0.3, 0.4) is 0 Å². The number of Topliss-reactive ketones (excluding diaryl/α,β-unsaturated/α-hetero) is 1. The molecule has 1 aliphatic heterocycles. The number of rotatable bonds is 4. The maximum Gasteiger partial charge on any atom is 0.346 e.